The fraction of sp³-hybridized carbons (Fsp3) is 0.0909. The Morgan fingerprint density at radius 1 is 0.968 bits per heavy atom. The van der Waals surface area contributed by atoms with Gasteiger partial charge in [-0.3, -0.25) is 14.5 Å². The Bertz CT molecular complexity index is 1470. The van der Waals surface area contributed by atoms with Crippen molar-refractivity contribution in [2.75, 3.05) is 0 Å². The van der Waals surface area contributed by atoms with Gasteiger partial charge in [0.25, 0.3) is 5.56 Å². The molecule has 3 aromatic heterocycles. The number of hydrogen-bond donors (Lipinski definition) is 1. The van der Waals surface area contributed by atoms with Crippen molar-refractivity contribution in [2.24, 2.45) is 0 Å². The van der Waals surface area contributed by atoms with Crippen LogP contribution in [-0.4, -0.2) is 30.9 Å². The number of nitrogens with zero attached hydrogens (tertiary/aromatic N) is 4. The summed E-state index contributed by atoms with van der Waals surface area (Å²) in [6.07, 6.45) is -0.288. The number of fused-ring (bicyclic) bond motifs is 3. The second-order valence-electron chi connectivity index (χ2n) is 7.05. The SMILES string of the molecule is O=c1c2cn[nH]c2c2ccc(-c3cncnc3-c3ccccc3)cc2n1CC(F)(F)F. The zero-order chi connectivity index (χ0) is 21.6. The molecule has 0 fully saturated rings. The highest BCUT2D eigenvalue weighted by Gasteiger charge is 2.30. The Balaban J connectivity index is 1.80. The number of aromatic nitrogens is 5. The molecule has 0 amide bonds. The van der Waals surface area contributed by atoms with E-state index in [0.29, 0.717) is 27.7 Å². The number of hydrogen-bond acceptors (Lipinski definition) is 4. The molecule has 0 unspecified atom stereocenters. The zero-order valence-electron chi connectivity index (χ0n) is 15.9. The van der Waals surface area contributed by atoms with E-state index in [2.05, 4.69) is 20.2 Å². The van der Waals surface area contributed by atoms with Crippen LogP contribution in [0.25, 0.3) is 44.2 Å². The fourth-order valence-electron chi connectivity index (χ4n) is 3.75. The van der Waals surface area contributed by atoms with Crippen molar-refractivity contribution >= 4 is 21.8 Å². The molecule has 2 aromatic carbocycles. The Kier molecular flexibility index (Phi) is 4.32. The number of alkyl halides is 3. The standard InChI is InChI=1S/C22H14F3N5O/c23-22(24,25)11-30-18-8-14(6-7-15(18)20-17(21(30)31)10-28-29-20)16-9-26-12-27-19(16)13-4-2-1-3-5-13/h1-10,12H,11H2,(H,28,29). The van der Waals surface area contributed by atoms with Crippen LogP contribution in [-0.2, 0) is 6.54 Å². The number of rotatable bonds is 3. The van der Waals surface area contributed by atoms with E-state index < -0.39 is 18.3 Å². The summed E-state index contributed by atoms with van der Waals surface area (Å²) >= 11 is 0. The highest BCUT2D eigenvalue weighted by molar-refractivity contribution is 6.04. The molecule has 31 heavy (non-hydrogen) atoms. The van der Waals surface area contributed by atoms with E-state index in [9.17, 15) is 18.0 Å². The molecule has 3 heterocycles. The van der Waals surface area contributed by atoms with Gasteiger partial charge in [-0.1, -0.05) is 42.5 Å². The molecular formula is C22H14F3N5O. The van der Waals surface area contributed by atoms with Crippen LogP contribution in [0.2, 0.25) is 0 Å². The van der Waals surface area contributed by atoms with Gasteiger partial charge >= 0.3 is 6.18 Å². The molecule has 0 atom stereocenters. The quantitative estimate of drug-likeness (QED) is 0.463. The summed E-state index contributed by atoms with van der Waals surface area (Å²) in [4.78, 5) is 21.3. The first-order valence-corrected chi connectivity index (χ1v) is 9.34. The predicted molar refractivity (Wildman–Crippen MR) is 110 cm³/mol. The normalized spacial score (nSPS) is 12.0. The smallest absolute Gasteiger partial charge is 0.298 e. The van der Waals surface area contributed by atoms with Crippen LogP contribution in [0, 0.1) is 0 Å². The lowest BCUT2D eigenvalue weighted by molar-refractivity contribution is -0.140. The average molecular weight is 421 g/mol. The monoisotopic (exact) mass is 421 g/mol. The zero-order valence-corrected chi connectivity index (χ0v) is 15.9. The van der Waals surface area contributed by atoms with Gasteiger partial charge in [0.15, 0.2) is 0 Å². The van der Waals surface area contributed by atoms with Crippen molar-refractivity contribution in [1.82, 2.24) is 24.7 Å². The van der Waals surface area contributed by atoms with E-state index in [1.807, 2.05) is 30.3 Å². The van der Waals surface area contributed by atoms with Crippen molar-refractivity contribution in [2.45, 2.75) is 12.7 Å². The van der Waals surface area contributed by atoms with E-state index in [1.54, 1.807) is 24.4 Å². The van der Waals surface area contributed by atoms with Gasteiger partial charge in [-0.15, -0.1) is 0 Å². The molecule has 0 saturated heterocycles. The second-order valence-corrected chi connectivity index (χ2v) is 7.05. The van der Waals surface area contributed by atoms with Gasteiger partial charge in [0.2, 0.25) is 0 Å². The number of benzene rings is 2. The van der Waals surface area contributed by atoms with Gasteiger partial charge in [0.05, 0.1) is 28.3 Å². The maximum absolute atomic E-state index is 13.3. The molecule has 5 rings (SSSR count). The molecule has 5 aromatic rings. The predicted octanol–water partition coefficient (Wildman–Crippen LogP) is 4.56. The summed E-state index contributed by atoms with van der Waals surface area (Å²) in [5.74, 6) is 0. The average Bonchev–Trinajstić information content (AvgIpc) is 3.26. The third-order valence-electron chi connectivity index (χ3n) is 5.08. The molecule has 0 bridgehead atoms. The number of halogens is 3. The first kappa shape index (κ1) is 19.0. The number of pyridine rings is 1. The van der Waals surface area contributed by atoms with Crippen LogP contribution in [0.15, 0.2) is 72.0 Å². The van der Waals surface area contributed by atoms with Crippen LogP contribution < -0.4 is 5.56 Å². The van der Waals surface area contributed by atoms with Crippen molar-refractivity contribution in [3.63, 3.8) is 0 Å². The van der Waals surface area contributed by atoms with Crippen molar-refractivity contribution in [3.05, 3.63) is 77.6 Å². The van der Waals surface area contributed by atoms with Gasteiger partial charge in [-0.2, -0.15) is 18.3 Å². The van der Waals surface area contributed by atoms with Crippen LogP contribution in [0.3, 0.4) is 0 Å². The summed E-state index contributed by atoms with van der Waals surface area (Å²) in [6.45, 7) is -1.40. The molecule has 0 spiro atoms. The molecule has 154 valence electrons. The molecule has 1 N–H and O–H groups in total. The van der Waals surface area contributed by atoms with Crippen LogP contribution >= 0.6 is 0 Å². The van der Waals surface area contributed by atoms with Gasteiger partial charge in [0.1, 0.15) is 12.9 Å². The highest BCUT2D eigenvalue weighted by atomic mass is 19.4. The van der Waals surface area contributed by atoms with Crippen molar-refractivity contribution in [3.8, 4) is 22.4 Å². The van der Waals surface area contributed by atoms with Crippen LogP contribution in [0.1, 0.15) is 0 Å². The number of aromatic amines is 1. The highest BCUT2D eigenvalue weighted by Crippen LogP contribution is 2.33. The molecule has 6 nitrogen and oxygen atoms in total. The van der Waals surface area contributed by atoms with Gasteiger partial charge in [0, 0.05) is 22.7 Å². The van der Waals surface area contributed by atoms with Crippen molar-refractivity contribution < 1.29 is 13.2 Å². The lowest BCUT2D eigenvalue weighted by atomic mass is 9.99. The lowest BCUT2D eigenvalue weighted by Gasteiger charge is -2.15. The summed E-state index contributed by atoms with van der Waals surface area (Å²) in [7, 11) is 0. The summed E-state index contributed by atoms with van der Waals surface area (Å²) in [6, 6.07) is 14.4. The maximum atomic E-state index is 13.3. The third-order valence-corrected chi connectivity index (χ3v) is 5.08. The summed E-state index contributed by atoms with van der Waals surface area (Å²) in [5.41, 5.74) is 2.53. The van der Waals surface area contributed by atoms with Gasteiger partial charge in [-0.25, -0.2) is 9.97 Å². The Morgan fingerprint density at radius 3 is 2.55 bits per heavy atom. The van der Waals surface area contributed by atoms with Crippen LogP contribution in [0.5, 0.6) is 0 Å². The third kappa shape index (κ3) is 3.33. The second kappa shape index (κ2) is 7.05. The minimum atomic E-state index is -4.56. The Hall–Kier alpha value is -4.01. The molecular weight excluding hydrogens is 407 g/mol. The minimum Gasteiger partial charge on any atom is -0.298 e. The lowest BCUT2D eigenvalue weighted by Crippen LogP contribution is -2.28. The summed E-state index contributed by atoms with van der Waals surface area (Å²) in [5, 5.41) is 7.14. The topological polar surface area (TPSA) is 76.5 Å². The molecule has 0 aliphatic heterocycles. The molecule has 0 saturated carbocycles. The van der Waals surface area contributed by atoms with Crippen molar-refractivity contribution in [1.29, 1.82) is 0 Å². The van der Waals surface area contributed by atoms with E-state index in [0.717, 1.165) is 10.1 Å². The summed E-state index contributed by atoms with van der Waals surface area (Å²) < 4.78 is 40.6. The van der Waals surface area contributed by atoms with E-state index in [1.165, 1.54) is 12.5 Å². The molecule has 0 aliphatic carbocycles. The van der Waals surface area contributed by atoms with Crippen LogP contribution in [0.4, 0.5) is 13.2 Å². The molecule has 0 aliphatic rings. The van der Waals surface area contributed by atoms with Gasteiger partial charge < -0.3 is 0 Å². The minimum absolute atomic E-state index is 0.109. The van der Waals surface area contributed by atoms with E-state index in [-0.39, 0.29) is 10.9 Å². The molecule has 9 heteroatoms. The van der Waals surface area contributed by atoms with E-state index in [4.69, 9.17) is 0 Å². The largest absolute Gasteiger partial charge is 0.406 e. The molecule has 0 radical (unpaired) electrons. The first-order valence-electron chi connectivity index (χ1n) is 9.34. The van der Waals surface area contributed by atoms with Gasteiger partial charge in [-0.05, 0) is 11.6 Å². The number of nitrogens with one attached hydrogen (secondary N) is 1. The number of H-pyrrole nitrogens is 1. The Morgan fingerprint density at radius 2 is 1.77 bits per heavy atom. The first-order chi connectivity index (χ1) is 14.9. The Labute approximate surface area is 173 Å². The van der Waals surface area contributed by atoms with E-state index >= 15 is 0 Å². The fourth-order valence-corrected chi connectivity index (χ4v) is 3.75. The maximum Gasteiger partial charge on any atom is 0.406 e.